The quantitative estimate of drug-likeness (QED) is 0.539. The maximum Gasteiger partial charge on any atom is 0.306 e. The molecule has 4 aliphatic carbocycles. The number of pyridine rings is 1. The van der Waals surface area contributed by atoms with Gasteiger partial charge in [-0.05, 0) is 49.9 Å². The highest BCUT2D eigenvalue weighted by molar-refractivity contribution is 5.93. The van der Waals surface area contributed by atoms with E-state index in [0.29, 0.717) is 28.4 Å². The Bertz CT molecular complexity index is 1250. The van der Waals surface area contributed by atoms with Crippen molar-refractivity contribution in [3.05, 3.63) is 35.7 Å². The summed E-state index contributed by atoms with van der Waals surface area (Å²) in [7, 11) is 0. The third-order valence-electron chi connectivity index (χ3n) is 7.27. The van der Waals surface area contributed by atoms with Crippen LogP contribution in [0.1, 0.15) is 62.0 Å². The van der Waals surface area contributed by atoms with Crippen LogP contribution in [0.3, 0.4) is 0 Å². The van der Waals surface area contributed by atoms with Crippen molar-refractivity contribution in [3.8, 4) is 17.3 Å². The summed E-state index contributed by atoms with van der Waals surface area (Å²) in [6.07, 6.45) is 12.4. The molecule has 3 heterocycles. The van der Waals surface area contributed by atoms with Gasteiger partial charge in [-0.2, -0.15) is 5.26 Å². The van der Waals surface area contributed by atoms with Crippen LogP contribution >= 0.6 is 0 Å². The fourth-order valence-corrected chi connectivity index (χ4v) is 5.40. The van der Waals surface area contributed by atoms with Gasteiger partial charge in [0.05, 0.1) is 17.2 Å². The SMILES string of the molecule is N#Cc1c(-c2c[nH]c3ncncc23)nc(N)c(F)c1C1CC1.O=C(O)C1CC2CCC1CC2. The highest BCUT2D eigenvalue weighted by atomic mass is 19.1. The highest BCUT2D eigenvalue weighted by Crippen LogP contribution is 2.46. The van der Waals surface area contributed by atoms with E-state index in [-0.39, 0.29) is 23.2 Å². The van der Waals surface area contributed by atoms with Crippen LogP contribution in [0.25, 0.3) is 22.3 Å². The third-order valence-corrected chi connectivity index (χ3v) is 7.27. The normalized spacial score (nSPS) is 23.6. The van der Waals surface area contributed by atoms with E-state index in [9.17, 15) is 14.4 Å². The number of H-pyrrole nitrogens is 1. The molecule has 4 saturated carbocycles. The van der Waals surface area contributed by atoms with Gasteiger partial charge in [-0.15, -0.1) is 0 Å². The molecule has 0 aromatic carbocycles. The first kappa shape index (κ1) is 21.3. The summed E-state index contributed by atoms with van der Waals surface area (Å²) < 4.78 is 14.3. The number of nitrogens with two attached hydrogens (primary N) is 1. The molecular formula is C24H25FN6O2. The number of aromatic amines is 1. The van der Waals surface area contributed by atoms with E-state index in [1.807, 2.05) is 0 Å². The van der Waals surface area contributed by atoms with Gasteiger partial charge in [-0.1, -0.05) is 12.8 Å². The summed E-state index contributed by atoms with van der Waals surface area (Å²) in [5.41, 5.74) is 8.02. The fourth-order valence-electron chi connectivity index (χ4n) is 5.40. The van der Waals surface area contributed by atoms with Gasteiger partial charge in [0.2, 0.25) is 0 Å². The number of anilines is 1. The molecular weight excluding hydrogens is 423 g/mol. The lowest BCUT2D eigenvalue weighted by Crippen LogP contribution is -2.35. The first-order valence-corrected chi connectivity index (χ1v) is 11.4. The molecule has 4 fully saturated rings. The zero-order valence-corrected chi connectivity index (χ0v) is 18.1. The van der Waals surface area contributed by atoms with Crippen LogP contribution < -0.4 is 5.73 Å². The number of nitrogens with zero attached hydrogens (tertiary/aromatic N) is 4. The zero-order valence-electron chi connectivity index (χ0n) is 18.1. The second-order valence-corrected chi connectivity index (χ2v) is 9.28. The van der Waals surface area contributed by atoms with Crippen LogP contribution in [0, 0.1) is 34.9 Å². The van der Waals surface area contributed by atoms with Gasteiger partial charge in [0.15, 0.2) is 11.6 Å². The average molecular weight is 449 g/mol. The minimum Gasteiger partial charge on any atom is -0.481 e. The topological polar surface area (TPSA) is 142 Å². The van der Waals surface area contributed by atoms with Crippen LogP contribution in [0.4, 0.5) is 10.2 Å². The minimum absolute atomic E-state index is 0.00231. The van der Waals surface area contributed by atoms with Crippen molar-refractivity contribution in [1.29, 1.82) is 5.26 Å². The molecule has 170 valence electrons. The van der Waals surface area contributed by atoms with Gasteiger partial charge in [-0.3, -0.25) is 4.79 Å². The lowest BCUT2D eigenvalue weighted by Gasteiger charge is -2.40. The fraction of sp³-hybridized carbons (Fsp3) is 0.458. The van der Waals surface area contributed by atoms with Gasteiger partial charge in [0.25, 0.3) is 0 Å². The number of halogens is 1. The van der Waals surface area contributed by atoms with Crippen LogP contribution in [0.5, 0.6) is 0 Å². The number of carbonyl (C=O) groups is 1. The maximum absolute atomic E-state index is 14.3. The van der Waals surface area contributed by atoms with Crippen LogP contribution in [0.2, 0.25) is 0 Å². The predicted octanol–water partition coefficient (Wildman–Crippen LogP) is 4.39. The molecule has 4 N–H and O–H groups in total. The number of hydrogen-bond donors (Lipinski definition) is 3. The van der Waals surface area contributed by atoms with E-state index in [1.54, 1.807) is 12.4 Å². The van der Waals surface area contributed by atoms with Gasteiger partial charge in [0, 0.05) is 28.9 Å². The zero-order chi connectivity index (χ0) is 23.1. The summed E-state index contributed by atoms with van der Waals surface area (Å²) in [5.74, 6) is 0.00152. The van der Waals surface area contributed by atoms with Gasteiger partial charge in [-0.25, -0.2) is 19.3 Å². The number of nitriles is 1. The number of rotatable bonds is 3. The molecule has 3 aromatic rings. The monoisotopic (exact) mass is 448 g/mol. The predicted molar refractivity (Wildman–Crippen MR) is 119 cm³/mol. The molecule has 7 rings (SSSR count). The van der Waals surface area contributed by atoms with Crippen molar-refractivity contribution in [3.63, 3.8) is 0 Å². The Morgan fingerprint density at radius 1 is 1.24 bits per heavy atom. The van der Waals surface area contributed by atoms with Crippen molar-refractivity contribution in [2.75, 3.05) is 5.73 Å². The Labute approximate surface area is 190 Å². The lowest BCUT2D eigenvalue weighted by molar-refractivity contribution is -0.147. The first-order chi connectivity index (χ1) is 16.0. The second kappa shape index (κ2) is 8.43. The molecule has 9 heteroatoms. The van der Waals surface area contributed by atoms with Crippen molar-refractivity contribution >= 4 is 22.8 Å². The molecule has 1 unspecified atom stereocenters. The Hall–Kier alpha value is -3.54. The van der Waals surface area contributed by atoms with E-state index < -0.39 is 11.8 Å². The molecule has 0 amide bonds. The standard InChI is InChI=1S/C15H11FN6.C9H14O2/c16-12-11(7-1-2-7)8(3-17)13(22-14(12)18)9-5-20-15-10(9)4-19-6-21-15;10-9(11)8-5-6-1-3-7(8)4-2-6/h4-7H,1-2H2,(H2,18,22)(H,19,20,21);6-8H,1-5H2,(H,10,11). The summed E-state index contributed by atoms with van der Waals surface area (Å²) in [5, 5.41) is 19.1. The van der Waals surface area contributed by atoms with Gasteiger partial charge < -0.3 is 15.8 Å². The number of nitrogen functional groups attached to an aromatic ring is 1. The molecule has 2 bridgehead atoms. The van der Waals surface area contributed by atoms with Gasteiger partial charge >= 0.3 is 5.97 Å². The number of nitrogens with one attached hydrogen (secondary N) is 1. The molecule has 4 aliphatic rings. The number of aromatic nitrogens is 4. The molecule has 0 spiro atoms. The number of hydrogen-bond acceptors (Lipinski definition) is 6. The van der Waals surface area contributed by atoms with E-state index in [2.05, 4.69) is 26.0 Å². The van der Waals surface area contributed by atoms with Gasteiger partial charge in [0.1, 0.15) is 18.0 Å². The Kier molecular flexibility index (Phi) is 5.44. The summed E-state index contributed by atoms with van der Waals surface area (Å²) >= 11 is 0. The summed E-state index contributed by atoms with van der Waals surface area (Å²) in [4.78, 5) is 26.0. The third kappa shape index (κ3) is 3.90. The molecule has 0 saturated heterocycles. The Balaban J connectivity index is 0.000000174. The number of carboxylic acid groups (broad SMARTS) is 1. The molecule has 3 aromatic heterocycles. The number of aliphatic carboxylic acids is 1. The average Bonchev–Trinajstić information content (AvgIpc) is 3.59. The first-order valence-electron chi connectivity index (χ1n) is 11.4. The number of fused-ring (bicyclic) bond motifs is 4. The van der Waals surface area contributed by atoms with Crippen molar-refractivity contribution < 1.29 is 14.3 Å². The molecule has 33 heavy (non-hydrogen) atoms. The maximum atomic E-state index is 14.3. The van der Waals surface area contributed by atoms with E-state index in [1.165, 1.54) is 32.0 Å². The number of carboxylic acids is 1. The smallest absolute Gasteiger partial charge is 0.306 e. The lowest BCUT2D eigenvalue weighted by atomic mass is 9.65. The van der Waals surface area contributed by atoms with Crippen molar-refractivity contribution in [2.45, 2.75) is 50.9 Å². The molecule has 0 aliphatic heterocycles. The summed E-state index contributed by atoms with van der Waals surface area (Å²) in [6.45, 7) is 0. The molecule has 0 radical (unpaired) electrons. The Morgan fingerprint density at radius 2 is 2.00 bits per heavy atom. The van der Waals surface area contributed by atoms with Crippen LogP contribution in [0.15, 0.2) is 18.7 Å². The van der Waals surface area contributed by atoms with Crippen molar-refractivity contribution in [2.24, 2.45) is 17.8 Å². The minimum atomic E-state index is -0.570. The van der Waals surface area contributed by atoms with E-state index >= 15 is 0 Å². The van der Waals surface area contributed by atoms with E-state index in [4.69, 9.17) is 10.8 Å². The van der Waals surface area contributed by atoms with Crippen molar-refractivity contribution in [1.82, 2.24) is 19.9 Å². The molecule has 8 nitrogen and oxygen atoms in total. The van der Waals surface area contributed by atoms with E-state index in [0.717, 1.165) is 30.6 Å². The summed E-state index contributed by atoms with van der Waals surface area (Å²) in [6, 6.07) is 2.09. The second-order valence-electron chi connectivity index (χ2n) is 9.28. The Morgan fingerprint density at radius 3 is 2.58 bits per heavy atom. The highest BCUT2D eigenvalue weighted by Gasteiger charge is 2.39. The molecule has 1 atom stereocenters. The van der Waals surface area contributed by atoms with Crippen LogP contribution in [-0.4, -0.2) is 31.0 Å². The largest absolute Gasteiger partial charge is 0.481 e. The van der Waals surface area contributed by atoms with Crippen LogP contribution in [-0.2, 0) is 4.79 Å².